The van der Waals surface area contributed by atoms with E-state index in [9.17, 15) is 19.2 Å². The van der Waals surface area contributed by atoms with Crippen molar-refractivity contribution < 1.29 is 24.0 Å². The summed E-state index contributed by atoms with van der Waals surface area (Å²) in [5.41, 5.74) is 4.88. The largest absolute Gasteiger partial charge is 0.617 e. The first-order valence-corrected chi connectivity index (χ1v) is 11.3. The summed E-state index contributed by atoms with van der Waals surface area (Å²) < 4.78 is 17.1. The van der Waals surface area contributed by atoms with Crippen molar-refractivity contribution in [2.75, 3.05) is 17.3 Å². The molecule has 0 aliphatic carbocycles. The van der Waals surface area contributed by atoms with Gasteiger partial charge in [-0.2, -0.15) is 0 Å². The van der Waals surface area contributed by atoms with E-state index in [0.29, 0.717) is 36.7 Å². The Morgan fingerprint density at radius 2 is 2.10 bits per heavy atom. The zero-order valence-corrected chi connectivity index (χ0v) is 17.3. The van der Waals surface area contributed by atoms with Gasteiger partial charge in [0.05, 0.1) is 11.8 Å². The van der Waals surface area contributed by atoms with Crippen LogP contribution in [0.5, 0.6) is 0 Å². The van der Waals surface area contributed by atoms with E-state index in [1.165, 1.54) is 0 Å². The summed E-state index contributed by atoms with van der Waals surface area (Å²) in [6.07, 6.45) is 1.87. The van der Waals surface area contributed by atoms with E-state index in [1.807, 2.05) is 42.5 Å². The van der Waals surface area contributed by atoms with Crippen molar-refractivity contribution in [3.63, 3.8) is 0 Å². The number of fused-ring (bicyclic) bond motifs is 2. The van der Waals surface area contributed by atoms with Crippen LogP contribution in [0.1, 0.15) is 28.7 Å². The molecule has 2 unspecified atom stereocenters. The molecule has 3 N–H and O–H groups in total. The van der Waals surface area contributed by atoms with Crippen molar-refractivity contribution >= 4 is 40.1 Å². The maximum Gasteiger partial charge on any atom is 0.320 e. The number of carbonyl (C=O) groups is 2. The Bertz CT molecular complexity index is 1030. The van der Waals surface area contributed by atoms with E-state index in [4.69, 9.17) is 4.74 Å². The molecule has 0 saturated carbocycles. The average molecular weight is 426 g/mol. The first-order chi connectivity index (χ1) is 14.4. The number of hydrogen-bond donors (Lipinski definition) is 3. The quantitative estimate of drug-likeness (QED) is 0.463. The van der Waals surface area contributed by atoms with E-state index in [2.05, 4.69) is 10.6 Å². The van der Waals surface area contributed by atoms with Gasteiger partial charge in [-0.05, 0) is 11.6 Å². The number of rotatable bonds is 7. The Kier molecular flexibility index (Phi) is 5.80. The zero-order chi connectivity index (χ0) is 21.3. The standard InChI is InChI=1S/C22H22N2O5S/c1-30(28)9-8-18(22(26)27)23-11-13-6-7-15-14(10-13)12-29-20(15)19-16-4-2-3-5-17(16)24-21(19)25/h2-7,10,18,23H,8-9,11-12H2,1H3,(H,24,25)(H,26,27). The average Bonchev–Trinajstić information content (AvgIpc) is 3.26. The molecule has 0 radical (unpaired) electrons. The van der Waals surface area contributed by atoms with Crippen molar-refractivity contribution in [3.05, 3.63) is 64.7 Å². The van der Waals surface area contributed by atoms with Crippen molar-refractivity contribution in [1.82, 2.24) is 5.32 Å². The lowest BCUT2D eigenvalue weighted by Crippen LogP contribution is -2.37. The minimum atomic E-state index is -1.03. The molecule has 156 valence electrons. The number of carboxylic acid groups (broad SMARTS) is 1. The number of hydrogen-bond acceptors (Lipinski definition) is 5. The number of amides is 1. The Balaban J connectivity index is 1.53. The lowest BCUT2D eigenvalue weighted by Gasteiger charge is -2.15. The van der Waals surface area contributed by atoms with Gasteiger partial charge in [0, 0.05) is 35.3 Å². The Morgan fingerprint density at radius 3 is 2.87 bits per heavy atom. The van der Waals surface area contributed by atoms with Crippen LogP contribution < -0.4 is 10.6 Å². The van der Waals surface area contributed by atoms with E-state index < -0.39 is 23.2 Å². The number of aliphatic carboxylic acids is 1. The van der Waals surface area contributed by atoms with Crippen LogP contribution >= 0.6 is 0 Å². The molecule has 7 nitrogen and oxygen atoms in total. The number of carboxylic acids is 1. The zero-order valence-electron chi connectivity index (χ0n) is 16.4. The van der Waals surface area contributed by atoms with Gasteiger partial charge in [-0.1, -0.05) is 47.6 Å². The van der Waals surface area contributed by atoms with Gasteiger partial charge in [0.2, 0.25) is 0 Å². The number of para-hydroxylation sites is 1. The number of benzene rings is 2. The highest BCUT2D eigenvalue weighted by Gasteiger charge is 2.32. The molecule has 0 bridgehead atoms. The third-order valence-corrected chi connectivity index (χ3v) is 6.04. The molecular weight excluding hydrogens is 404 g/mol. The lowest BCUT2D eigenvalue weighted by atomic mass is 9.99. The summed E-state index contributed by atoms with van der Waals surface area (Å²) in [6, 6.07) is 12.5. The lowest BCUT2D eigenvalue weighted by molar-refractivity contribution is -0.139. The van der Waals surface area contributed by atoms with Crippen LogP contribution in [0.25, 0.3) is 11.3 Å². The van der Waals surface area contributed by atoms with Crippen LogP contribution in [-0.4, -0.2) is 39.6 Å². The fourth-order valence-corrected chi connectivity index (χ4v) is 4.28. The summed E-state index contributed by atoms with van der Waals surface area (Å²) in [7, 11) is 0. The molecule has 4 rings (SSSR count). The summed E-state index contributed by atoms with van der Waals surface area (Å²) in [5.74, 6) is -0.228. The van der Waals surface area contributed by atoms with E-state index in [1.54, 1.807) is 6.26 Å². The first-order valence-electron chi connectivity index (χ1n) is 9.60. The topological polar surface area (TPSA) is 111 Å². The number of nitrogens with one attached hydrogen (secondary N) is 2. The van der Waals surface area contributed by atoms with Gasteiger partial charge < -0.3 is 25.0 Å². The molecule has 0 fully saturated rings. The SMILES string of the molecule is C[S+]([O-])CCC(NCc1ccc2c(c1)COC2=C1C(=O)Nc2ccccc21)C(=O)O. The van der Waals surface area contributed by atoms with Crippen molar-refractivity contribution in [2.45, 2.75) is 25.6 Å². The normalized spacial score (nSPS) is 18.9. The van der Waals surface area contributed by atoms with Crippen LogP contribution in [0, 0.1) is 0 Å². The maximum atomic E-state index is 12.5. The molecule has 2 heterocycles. The predicted molar refractivity (Wildman–Crippen MR) is 115 cm³/mol. The molecule has 2 aromatic rings. The van der Waals surface area contributed by atoms with Gasteiger partial charge in [0.1, 0.15) is 24.2 Å². The number of ether oxygens (including phenoxy) is 1. The van der Waals surface area contributed by atoms with E-state index in [0.717, 1.165) is 27.9 Å². The molecule has 1 amide bonds. The Morgan fingerprint density at radius 1 is 1.30 bits per heavy atom. The second kappa shape index (κ2) is 8.51. The van der Waals surface area contributed by atoms with E-state index in [-0.39, 0.29) is 5.91 Å². The first kappa shape index (κ1) is 20.5. The summed E-state index contributed by atoms with van der Waals surface area (Å²) in [5, 5.41) is 15.2. The van der Waals surface area contributed by atoms with E-state index >= 15 is 0 Å². The molecular formula is C22H22N2O5S. The molecule has 2 aliphatic rings. The van der Waals surface area contributed by atoms with Gasteiger partial charge in [-0.3, -0.25) is 9.59 Å². The van der Waals surface area contributed by atoms with Crippen LogP contribution in [0.15, 0.2) is 42.5 Å². The maximum absolute atomic E-state index is 12.5. The molecule has 2 atom stereocenters. The Hall–Kier alpha value is -2.81. The van der Waals surface area contributed by atoms with Gasteiger partial charge in [-0.15, -0.1) is 0 Å². The summed E-state index contributed by atoms with van der Waals surface area (Å²) in [6.45, 7) is 0.727. The molecule has 0 aromatic heterocycles. The monoisotopic (exact) mass is 426 g/mol. The minimum absolute atomic E-state index is 0.178. The van der Waals surface area contributed by atoms with Gasteiger partial charge in [0.25, 0.3) is 5.91 Å². The smallest absolute Gasteiger partial charge is 0.320 e. The minimum Gasteiger partial charge on any atom is -0.617 e. The highest BCUT2D eigenvalue weighted by atomic mass is 32.2. The van der Waals surface area contributed by atoms with Crippen LogP contribution in [0.4, 0.5) is 5.69 Å². The van der Waals surface area contributed by atoms with Crippen LogP contribution in [-0.2, 0) is 38.7 Å². The van der Waals surface area contributed by atoms with Crippen LogP contribution in [0.3, 0.4) is 0 Å². The highest BCUT2D eigenvalue weighted by molar-refractivity contribution is 7.90. The highest BCUT2D eigenvalue weighted by Crippen LogP contribution is 2.41. The Labute approximate surface area is 177 Å². The predicted octanol–water partition coefficient (Wildman–Crippen LogP) is 2.35. The van der Waals surface area contributed by atoms with Crippen LogP contribution in [0.2, 0.25) is 0 Å². The second-order valence-corrected chi connectivity index (χ2v) is 8.88. The van der Waals surface area contributed by atoms with Crippen molar-refractivity contribution in [3.8, 4) is 0 Å². The fraction of sp³-hybridized carbons (Fsp3) is 0.273. The summed E-state index contributed by atoms with van der Waals surface area (Å²) in [4.78, 5) is 23.9. The molecule has 8 heteroatoms. The molecule has 0 spiro atoms. The van der Waals surface area contributed by atoms with Gasteiger partial charge in [0.15, 0.2) is 0 Å². The molecule has 2 aromatic carbocycles. The number of carbonyl (C=O) groups excluding carboxylic acids is 1. The molecule has 30 heavy (non-hydrogen) atoms. The third kappa shape index (κ3) is 4.07. The molecule has 2 aliphatic heterocycles. The fourth-order valence-electron chi connectivity index (χ4n) is 3.71. The number of anilines is 1. The molecule has 0 saturated heterocycles. The third-order valence-electron chi connectivity index (χ3n) is 5.23. The summed E-state index contributed by atoms with van der Waals surface area (Å²) >= 11 is -1.03. The van der Waals surface area contributed by atoms with Crippen molar-refractivity contribution in [1.29, 1.82) is 0 Å². The van der Waals surface area contributed by atoms with Gasteiger partial charge in [-0.25, -0.2) is 0 Å². The van der Waals surface area contributed by atoms with Crippen molar-refractivity contribution in [2.24, 2.45) is 0 Å². The van der Waals surface area contributed by atoms with Gasteiger partial charge >= 0.3 is 5.97 Å². The second-order valence-electron chi connectivity index (χ2n) is 7.32.